The molecule has 1 heterocycles. The molecule has 1 saturated heterocycles. The van der Waals surface area contributed by atoms with Gasteiger partial charge in [-0.2, -0.15) is 0 Å². The van der Waals surface area contributed by atoms with Crippen molar-refractivity contribution in [1.82, 2.24) is 0 Å². The van der Waals surface area contributed by atoms with Crippen molar-refractivity contribution >= 4 is 17.9 Å². The van der Waals surface area contributed by atoms with Gasteiger partial charge >= 0.3 is 17.9 Å². The van der Waals surface area contributed by atoms with E-state index >= 15 is 0 Å². The number of carbonyl (C=O) groups is 3. The third-order valence-electron chi connectivity index (χ3n) is 1.78. The molecule has 8 nitrogen and oxygen atoms in total. The Morgan fingerprint density at radius 3 is 2.26 bits per heavy atom. The van der Waals surface area contributed by atoms with E-state index in [9.17, 15) is 14.4 Å². The maximum Gasteiger partial charge on any atom is 0.314 e. The Morgan fingerprint density at radius 2 is 1.89 bits per heavy atom. The molecule has 108 valence electrons. The number of hydrogen-bond donors (Lipinski definition) is 1. The number of carbonyl (C=O) groups excluding carboxylic acids is 3. The number of cyclic esters (lactones) is 2. The third kappa shape index (κ3) is 9.74. The lowest BCUT2D eigenvalue weighted by Crippen LogP contribution is -2.10. The van der Waals surface area contributed by atoms with E-state index in [1.807, 2.05) is 0 Å². The summed E-state index contributed by atoms with van der Waals surface area (Å²) in [4.78, 5) is 34.5. The Bertz CT molecular complexity index is 322. The van der Waals surface area contributed by atoms with Crippen LogP contribution in [0.2, 0.25) is 0 Å². The van der Waals surface area contributed by atoms with Crippen LogP contribution < -0.4 is 0 Å². The quantitative estimate of drug-likeness (QED) is 0.186. The van der Waals surface area contributed by atoms with Crippen molar-refractivity contribution in [1.29, 1.82) is 0 Å². The summed E-state index contributed by atoms with van der Waals surface area (Å²) in [5, 5.41) is 8.02. The highest BCUT2D eigenvalue weighted by molar-refractivity contribution is 5.92. The molecule has 0 spiro atoms. The first-order chi connectivity index (χ1) is 8.99. The molecule has 0 unspecified atom stereocenters. The molecule has 0 bridgehead atoms. The summed E-state index contributed by atoms with van der Waals surface area (Å²) < 4.78 is 13.4. The van der Waals surface area contributed by atoms with Gasteiger partial charge in [0, 0.05) is 7.11 Å². The number of rotatable bonds is 6. The SMILES string of the molecule is C=C(CC(=O)OCCOC)OO.O=C1CCC(=O)O1. The van der Waals surface area contributed by atoms with Gasteiger partial charge in [-0.15, -0.1) is 0 Å². The molecule has 1 rings (SSSR count). The third-order valence-corrected chi connectivity index (χ3v) is 1.78. The largest absolute Gasteiger partial charge is 0.463 e. The Hall–Kier alpha value is -1.93. The van der Waals surface area contributed by atoms with Gasteiger partial charge in [0.05, 0.1) is 19.4 Å². The molecule has 0 aromatic carbocycles. The van der Waals surface area contributed by atoms with E-state index in [1.54, 1.807) is 0 Å². The van der Waals surface area contributed by atoms with Gasteiger partial charge < -0.3 is 19.1 Å². The van der Waals surface area contributed by atoms with Gasteiger partial charge in [-0.25, -0.2) is 5.26 Å². The van der Waals surface area contributed by atoms with Crippen molar-refractivity contribution in [3.63, 3.8) is 0 Å². The average Bonchev–Trinajstić information content (AvgIpc) is 2.74. The van der Waals surface area contributed by atoms with Crippen molar-refractivity contribution in [2.24, 2.45) is 0 Å². The van der Waals surface area contributed by atoms with E-state index in [0.29, 0.717) is 6.61 Å². The fourth-order valence-electron chi connectivity index (χ4n) is 0.916. The molecular weight excluding hydrogens is 260 g/mol. The van der Waals surface area contributed by atoms with Gasteiger partial charge in [0.15, 0.2) is 0 Å². The Morgan fingerprint density at radius 1 is 1.32 bits per heavy atom. The van der Waals surface area contributed by atoms with Gasteiger partial charge in [-0.05, 0) is 0 Å². The first-order valence-electron chi connectivity index (χ1n) is 5.36. The Labute approximate surface area is 109 Å². The van der Waals surface area contributed by atoms with Crippen LogP contribution in [-0.4, -0.2) is 43.5 Å². The molecule has 1 fully saturated rings. The molecule has 0 aromatic rings. The second kappa shape index (κ2) is 10.0. The van der Waals surface area contributed by atoms with Gasteiger partial charge in [0.25, 0.3) is 0 Å². The predicted octanol–water partition coefficient (Wildman–Crippen LogP) is 0.419. The van der Waals surface area contributed by atoms with E-state index in [4.69, 9.17) is 5.26 Å². The molecule has 0 amide bonds. The first kappa shape index (κ1) is 17.1. The molecule has 0 radical (unpaired) electrons. The van der Waals surface area contributed by atoms with Crippen molar-refractivity contribution in [2.75, 3.05) is 20.3 Å². The number of methoxy groups -OCH3 is 1. The average molecular weight is 276 g/mol. The highest BCUT2D eigenvalue weighted by Crippen LogP contribution is 2.03. The van der Waals surface area contributed by atoms with Crippen LogP contribution in [0.25, 0.3) is 0 Å². The summed E-state index contributed by atoms with van der Waals surface area (Å²) in [7, 11) is 1.50. The Balaban J connectivity index is 0.000000388. The standard InChI is InChI=1S/C7H12O5.C4H4O3/c1-6(12-9)5-7(8)11-4-3-10-2;5-3-1-2-4(6)7-3/h9H,1,3-5H2,2H3;1-2H2. The van der Waals surface area contributed by atoms with Crippen LogP contribution >= 0.6 is 0 Å². The zero-order valence-electron chi connectivity index (χ0n) is 10.5. The van der Waals surface area contributed by atoms with Crippen molar-refractivity contribution in [2.45, 2.75) is 19.3 Å². The molecule has 19 heavy (non-hydrogen) atoms. The predicted molar refractivity (Wildman–Crippen MR) is 60.6 cm³/mol. The maximum absolute atomic E-state index is 10.8. The van der Waals surface area contributed by atoms with Crippen LogP contribution in [0.5, 0.6) is 0 Å². The molecule has 8 heteroatoms. The van der Waals surface area contributed by atoms with Crippen LogP contribution in [0.1, 0.15) is 19.3 Å². The van der Waals surface area contributed by atoms with Crippen LogP contribution in [0.15, 0.2) is 12.3 Å². The van der Waals surface area contributed by atoms with Crippen LogP contribution in [0, 0.1) is 0 Å². The second-order valence-electron chi connectivity index (χ2n) is 3.37. The maximum atomic E-state index is 10.8. The highest BCUT2D eigenvalue weighted by Gasteiger charge is 2.19. The Kier molecular flexibility index (Phi) is 9.02. The summed E-state index contributed by atoms with van der Waals surface area (Å²) >= 11 is 0. The monoisotopic (exact) mass is 276 g/mol. The van der Waals surface area contributed by atoms with E-state index < -0.39 is 17.9 Å². The molecule has 1 N–H and O–H groups in total. The topological polar surface area (TPSA) is 108 Å². The fraction of sp³-hybridized carbons (Fsp3) is 0.545. The minimum atomic E-state index is -0.508. The summed E-state index contributed by atoms with van der Waals surface area (Å²) in [5.74, 6) is -1.35. The second-order valence-corrected chi connectivity index (χ2v) is 3.37. The lowest BCUT2D eigenvalue weighted by Gasteiger charge is -2.03. The molecule has 0 atom stereocenters. The molecule has 1 aliphatic heterocycles. The zero-order valence-corrected chi connectivity index (χ0v) is 10.5. The van der Waals surface area contributed by atoms with E-state index in [-0.39, 0.29) is 31.6 Å². The lowest BCUT2D eigenvalue weighted by molar-refractivity contribution is -0.206. The van der Waals surface area contributed by atoms with Crippen molar-refractivity contribution in [3.8, 4) is 0 Å². The van der Waals surface area contributed by atoms with Gasteiger partial charge in [0.1, 0.15) is 18.8 Å². The van der Waals surface area contributed by atoms with Crippen LogP contribution in [0.4, 0.5) is 0 Å². The molecule has 0 aromatic heterocycles. The lowest BCUT2D eigenvalue weighted by atomic mass is 10.4. The molecule has 0 aliphatic carbocycles. The summed E-state index contributed by atoms with van der Waals surface area (Å²) in [6.45, 7) is 3.77. The molecule has 1 aliphatic rings. The van der Waals surface area contributed by atoms with E-state index in [1.165, 1.54) is 7.11 Å². The molecule has 0 saturated carbocycles. The smallest absolute Gasteiger partial charge is 0.314 e. The van der Waals surface area contributed by atoms with E-state index in [0.717, 1.165) is 0 Å². The van der Waals surface area contributed by atoms with Gasteiger partial charge in [-0.3, -0.25) is 14.4 Å². The fourth-order valence-corrected chi connectivity index (χ4v) is 0.916. The normalized spacial score (nSPS) is 13.2. The summed E-state index contributed by atoms with van der Waals surface area (Å²) in [5.41, 5.74) is 0. The number of hydrogen-bond acceptors (Lipinski definition) is 8. The minimum Gasteiger partial charge on any atom is -0.463 e. The summed E-state index contributed by atoms with van der Waals surface area (Å²) in [6, 6.07) is 0. The number of esters is 3. The minimum absolute atomic E-state index is 0.0441. The zero-order chi connectivity index (χ0) is 14.7. The van der Waals surface area contributed by atoms with Gasteiger partial charge in [-0.1, -0.05) is 6.58 Å². The van der Waals surface area contributed by atoms with E-state index in [2.05, 4.69) is 25.7 Å². The van der Waals surface area contributed by atoms with Crippen molar-refractivity contribution in [3.05, 3.63) is 12.3 Å². The van der Waals surface area contributed by atoms with Crippen LogP contribution in [-0.2, 0) is 33.5 Å². The number of ether oxygens (including phenoxy) is 3. The van der Waals surface area contributed by atoms with Crippen LogP contribution in [0.3, 0.4) is 0 Å². The van der Waals surface area contributed by atoms with Crippen molar-refractivity contribution < 1.29 is 38.7 Å². The van der Waals surface area contributed by atoms with Gasteiger partial charge in [0.2, 0.25) is 0 Å². The first-order valence-corrected chi connectivity index (χ1v) is 5.36. The molecular formula is C11H16O8. The summed E-state index contributed by atoms with van der Waals surface area (Å²) in [6.07, 6.45) is 0.373. The highest BCUT2D eigenvalue weighted by atomic mass is 17.1.